The predicted octanol–water partition coefficient (Wildman–Crippen LogP) is 1.70. The van der Waals surface area contributed by atoms with E-state index in [4.69, 9.17) is 0 Å². The number of rotatable bonds is 10. The average molecular weight is 499 g/mol. The van der Waals surface area contributed by atoms with Gasteiger partial charge in [-0.2, -0.15) is 9.78 Å². The molecule has 23 heavy (non-hydrogen) atoms. The first kappa shape index (κ1) is 26.9. The molecule has 132 valence electrons. The Labute approximate surface area is 154 Å². The number of Topliss-reactive ketones (excluding diaryl/α,β-unsaturated/α-hetero) is 2. The fourth-order valence-corrected chi connectivity index (χ4v) is 0.847. The van der Waals surface area contributed by atoms with Crippen molar-refractivity contribution in [2.45, 2.75) is 53.4 Å². The van der Waals surface area contributed by atoms with Gasteiger partial charge in [-0.05, 0) is 26.7 Å². The fraction of sp³-hybridized carbons (Fsp3) is 0.714. The largest absolute Gasteiger partial charge is 0.349 e. The Balaban J connectivity index is -0.000000333. The molecule has 0 saturated heterocycles. The average Bonchev–Trinajstić information content (AvgIpc) is 2.38. The van der Waals surface area contributed by atoms with Crippen molar-refractivity contribution in [3.05, 3.63) is 0 Å². The molecule has 0 aliphatic heterocycles. The van der Waals surface area contributed by atoms with Crippen LogP contribution in [0.1, 0.15) is 53.4 Å². The summed E-state index contributed by atoms with van der Waals surface area (Å²) in [5, 5.41) is 0. The molecule has 0 spiro atoms. The summed E-state index contributed by atoms with van der Waals surface area (Å²) in [6, 6.07) is 0. The van der Waals surface area contributed by atoms with Gasteiger partial charge in [-0.25, -0.2) is 9.59 Å². The first-order valence-electron chi connectivity index (χ1n) is 6.96. The third-order valence-electron chi connectivity index (χ3n) is 1.67. The van der Waals surface area contributed by atoms with Gasteiger partial charge in [-0.1, -0.05) is 13.8 Å². The van der Waals surface area contributed by atoms with Gasteiger partial charge in [0.1, 0.15) is 24.4 Å². The molecule has 0 atom stereocenters. The van der Waals surface area contributed by atoms with E-state index in [0.717, 1.165) is 12.8 Å². The Kier molecular flexibility index (Phi) is 22.4. The number of carbonyl (C=O) groups is 4. The minimum Gasteiger partial charge on any atom is -0.299 e. The third-order valence-corrected chi connectivity index (χ3v) is 1.67. The first-order chi connectivity index (χ1) is 10.3. The molecule has 0 aromatic heterocycles. The zero-order valence-corrected chi connectivity index (χ0v) is 17.6. The maximum atomic E-state index is 10.6. The summed E-state index contributed by atoms with van der Waals surface area (Å²) in [7, 11) is 0. The Hall–Kier alpha value is -0.930. The summed E-state index contributed by atoms with van der Waals surface area (Å²) in [6.45, 7) is 7.15. The van der Waals surface area contributed by atoms with Gasteiger partial charge in [0.25, 0.3) is 0 Å². The smallest absolute Gasteiger partial charge is 0.299 e. The zero-order chi connectivity index (χ0) is 17.4. The Morgan fingerprint density at radius 3 is 1.22 bits per heavy atom. The molecule has 8 nitrogen and oxygen atoms in total. The van der Waals surface area contributed by atoms with Gasteiger partial charge in [0, 0.05) is 25.8 Å². The summed E-state index contributed by atoms with van der Waals surface area (Å²) < 4.78 is 0. The molecule has 0 N–H and O–H groups in total. The second-order valence-electron chi connectivity index (χ2n) is 4.31. The van der Waals surface area contributed by atoms with Gasteiger partial charge in [0.2, 0.25) is 0 Å². The number of hydrogen-bond acceptors (Lipinski definition) is 8. The van der Waals surface area contributed by atoms with Crippen molar-refractivity contribution >= 4 is 23.5 Å². The molecule has 0 fully saturated rings. The molecule has 0 unspecified atom stereocenters. The topological polar surface area (TPSA) is 105 Å². The van der Waals surface area contributed by atoms with Crippen LogP contribution in [0.5, 0.6) is 0 Å². The van der Waals surface area contributed by atoms with Gasteiger partial charge in [0.15, 0.2) is 0 Å². The monoisotopic (exact) mass is 500 g/mol. The normalized spacial score (nSPS) is 8.87. The van der Waals surface area contributed by atoms with Crippen LogP contribution in [0.25, 0.3) is 0 Å². The summed E-state index contributed by atoms with van der Waals surface area (Å²) in [5.41, 5.74) is 0. The van der Waals surface area contributed by atoms with E-state index in [1.54, 1.807) is 0 Å². The third kappa shape index (κ3) is 26.3. The molecular formula is C14H24HfO8. The van der Waals surface area contributed by atoms with Crippen molar-refractivity contribution in [3.8, 4) is 0 Å². The van der Waals surface area contributed by atoms with Gasteiger partial charge in [0.05, 0.1) is 13.2 Å². The molecule has 0 rings (SSSR count). The number of carbonyl (C=O) groups excluding carboxylic acids is 4. The molecule has 0 aliphatic rings. The maximum Gasteiger partial charge on any atom is 0.349 e. The van der Waals surface area contributed by atoms with Crippen molar-refractivity contribution in [1.82, 2.24) is 0 Å². The molecule has 0 saturated carbocycles. The van der Waals surface area contributed by atoms with E-state index in [-0.39, 0.29) is 50.3 Å². The minimum atomic E-state index is -0.633. The van der Waals surface area contributed by atoms with Crippen molar-refractivity contribution in [3.63, 3.8) is 0 Å². The van der Waals surface area contributed by atoms with E-state index in [1.807, 2.05) is 13.8 Å². The van der Waals surface area contributed by atoms with E-state index < -0.39 is 11.9 Å². The van der Waals surface area contributed by atoms with Crippen LogP contribution in [0.2, 0.25) is 0 Å². The Morgan fingerprint density at radius 2 is 1.00 bits per heavy atom. The summed E-state index contributed by atoms with van der Waals surface area (Å²) in [5.74, 6) is -1.72. The van der Waals surface area contributed by atoms with Gasteiger partial charge in [-0.15, -0.1) is 0 Å². The van der Waals surface area contributed by atoms with Crippen LogP contribution < -0.4 is 0 Å². The van der Waals surface area contributed by atoms with Gasteiger partial charge in [-0.3, -0.25) is 19.4 Å². The van der Waals surface area contributed by atoms with E-state index in [0.29, 0.717) is 13.2 Å². The van der Waals surface area contributed by atoms with Crippen molar-refractivity contribution < 1.29 is 64.6 Å². The number of hydrogen-bond donors (Lipinski definition) is 0. The van der Waals surface area contributed by atoms with E-state index in [9.17, 15) is 19.2 Å². The minimum absolute atomic E-state index is 0. The van der Waals surface area contributed by atoms with Gasteiger partial charge >= 0.3 is 11.9 Å². The first-order valence-corrected chi connectivity index (χ1v) is 6.96. The molecular weight excluding hydrogens is 475 g/mol. The molecule has 0 radical (unpaired) electrons. The quantitative estimate of drug-likeness (QED) is 0.147. The predicted molar refractivity (Wildman–Crippen MR) is 75.3 cm³/mol. The molecule has 0 bridgehead atoms. The van der Waals surface area contributed by atoms with E-state index in [1.165, 1.54) is 13.8 Å². The van der Waals surface area contributed by atoms with Crippen LogP contribution in [-0.2, 0) is 64.6 Å². The standard InChI is InChI=1S/2C7H12O4.Hf/c2*1-3-4-10-11-7(9)5-6(2)8;/h2*3-5H2,1-2H3;. The Morgan fingerprint density at radius 1 is 0.696 bits per heavy atom. The van der Waals surface area contributed by atoms with E-state index in [2.05, 4.69) is 19.6 Å². The summed E-state index contributed by atoms with van der Waals surface area (Å²) >= 11 is 0. The molecule has 0 heterocycles. The number of ketones is 2. The second kappa shape index (κ2) is 19.1. The molecule has 0 amide bonds. The maximum absolute atomic E-state index is 10.6. The van der Waals surface area contributed by atoms with Crippen molar-refractivity contribution in [1.29, 1.82) is 0 Å². The molecule has 0 aromatic rings. The zero-order valence-electron chi connectivity index (χ0n) is 14.0. The van der Waals surface area contributed by atoms with Crippen LogP contribution in [0.15, 0.2) is 0 Å². The van der Waals surface area contributed by atoms with Crippen LogP contribution in [0.3, 0.4) is 0 Å². The Bertz CT molecular complexity index is 323. The van der Waals surface area contributed by atoms with Gasteiger partial charge < -0.3 is 0 Å². The summed E-state index contributed by atoms with van der Waals surface area (Å²) in [4.78, 5) is 59.1. The molecule has 0 aliphatic carbocycles. The summed E-state index contributed by atoms with van der Waals surface area (Å²) in [6.07, 6.45) is 1.11. The second-order valence-corrected chi connectivity index (χ2v) is 4.31. The fourth-order valence-electron chi connectivity index (χ4n) is 0.847. The molecule has 0 aromatic carbocycles. The van der Waals surface area contributed by atoms with Crippen molar-refractivity contribution in [2.24, 2.45) is 0 Å². The van der Waals surface area contributed by atoms with E-state index >= 15 is 0 Å². The van der Waals surface area contributed by atoms with Crippen LogP contribution in [0.4, 0.5) is 0 Å². The van der Waals surface area contributed by atoms with Crippen LogP contribution >= 0.6 is 0 Å². The SMILES string of the molecule is CCCOOC(=O)CC(C)=O.CCCOOC(=O)CC(C)=O.[Hf]. The van der Waals surface area contributed by atoms with Crippen LogP contribution in [-0.4, -0.2) is 36.7 Å². The van der Waals surface area contributed by atoms with Crippen molar-refractivity contribution in [2.75, 3.05) is 13.2 Å². The van der Waals surface area contributed by atoms with Crippen LogP contribution in [0, 0.1) is 0 Å². The molecule has 9 heteroatoms.